The molecule has 1 atom stereocenters. The van der Waals surface area contributed by atoms with Crippen LogP contribution >= 0.6 is 15.9 Å². The van der Waals surface area contributed by atoms with E-state index in [1.165, 1.54) is 7.11 Å². The van der Waals surface area contributed by atoms with Gasteiger partial charge in [-0.2, -0.15) is 5.10 Å². The average molecular weight is 474 g/mol. The summed E-state index contributed by atoms with van der Waals surface area (Å²) in [6.45, 7) is 0.265. The number of hydrogen-bond acceptors (Lipinski definition) is 6. The highest BCUT2D eigenvalue weighted by atomic mass is 79.9. The topological polar surface area (TPSA) is 119 Å². The molecule has 9 heteroatoms. The largest absolute Gasteiger partial charge is 0.507 e. The van der Waals surface area contributed by atoms with E-state index in [4.69, 9.17) is 4.74 Å². The number of benzene rings is 2. The maximum absolute atomic E-state index is 13.1. The molecule has 156 valence electrons. The maximum Gasteiger partial charge on any atom is 0.273 e. The Morgan fingerprint density at radius 1 is 1.27 bits per heavy atom. The van der Waals surface area contributed by atoms with Crippen LogP contribution in [0.2, 0.25) is 0 Å². The van der Waals surface area contributed by atoms with E-state index in [-0.39, 0.29) is 29.8 Å². The summed E-state index contributed by atoms with van der Waals surface area (Å²) in [4.78, 5) is 14.8. The third-order valence-electron chi connectivity index (χ3n) is 5.17. The molecule has 0 saturated heterocycles. The van der Waals surface area contributed by atoms with E-state index in [1.54, 1.807) is 41.3 Å². The Hall–Kier alpha value is -3.04. The van der Waals surface area contributed by atoms with Crippen molar-refractivity contribution in [1.82, 2.24) is 15.1 Å². The molecule has 8 nitrogen and oxygen atoms in total. The van der Waals surface area contributed by atoms with Crippen molar-refractivity contribution in [3.05, 3.63) is 57.7 Å². The van der Waals surface area contributed by atoms with Crippen LogP contribution in [0.15, 0.2) is 40.9 Å². The standard InChI is InChI=1S/C21H20BrN3O5/c1-30-15-10-11(9-13(22)20(15)28)19-16-17(12-5-2-3-6-14(12)27)23-24-18(16)21(29)25(19)7-4-8-26/h2-3,5-6,9-10,19,26-28H,4,7-8H2,1H3,(H,23,24)/t19-/m1/s1. The molecule has 0 spiro atoms. The first-order valence-electron chi connectivity index (χ1n) is 9.32. The number of para-hydroxylation sites is 1. The third-order valence-corrected chi connectivity index (χ3v) is 5.77. The second-order valence-corrected chi connectivity index (χ2v) is 7.76. The van der Waals surface area contributed by atoms with Gasteiger partial charge in [-0.15, -0.1) is 0 Å². The van der Waals surface area contributed by atoms with Crippen LogP contribution < -0.4 is 4.74 Å². The molecular weight excluding hydrogens is 454 g/mol. The zero-order valence-electron chi connectivity index (χ0n) is 16.1. The normalized spacial score (nSPS) is 15.5. The Kier molecular flexibility index (Phi) is 5.40. The van der Waals surface area contributed by atoms with Crippen LogP contribution in [0.3, 0.4) is 0 Å². The van der Waals surface area contributed by atoms with Gasteiger partial charge in [-0.3, -0.25) is 9.89 Å². The number of aromatic nitrogens is 2. The molecule has 1 aromatic heterocycles. The average Bonchev–Trinajstić information content (AvgIpc) is 3.28. The predicted molar refractivity (Wildman–Crippen MR) is 113 cm³/mol. The predicted octanol–water partition coefficient (Wildman–Crippen LogP) is 3.19. The Bertz CT molecular complexity index is 1110. The number of phenolic OH excluding ortho intramolecular Hbond substituents is 2. The SMILES string of the molecule is COc1cc([C@@H]2c3c(-c4ccccc4O)n[nH]c3C(=O)N2CCCO)cc(Br)c1O. The Morgan fingerprint density at radius 3 is 2.73 bits per heavy atom. The summed E-state index contributed by atoms with van der Waals surface area (Å²) in [5, 5.41) is 37.0. The number of amides is 1. The van der Waals surface area contributed by atoms with E-state index in [9.17, 15) is 20.1 Å². The molecule has 0 fully saturated rings. The number of phenols is 2. The van der Waals surface area contributed by atoms with Gasteiger partial charge in [-0.25, -0.2) is 0 Å². The fourth-order valence-electron chi connectivity index (χ4n) is 3.80. The van der Waals surface area contributed by atoms with Crippen LogP contribution in [0.25, 0.3) is 11.3 Å². The maximum atomic E-state index is 13.1. The number of H-pyrrole nitrogens is 1. The van der Waals surface area contributed by atoms with Gasteiger partial charge in [-0.1, -0.05) is 12.1 Å². The fourth-order valence-corrected chi connectivity index (χ4v) is 4.26. The minimum atomic E-state index is -0.543. The smallest absolute Gasteiger partial charge is 0.273 e. The number of carbonyl (C=O) groups excluding carboxylic acids is 1. The van der Waals surface area contributed by atoms with E-state index in [0.717, 1.165) is 0 Å². The lowest BCUT2D eigenvalue weighted by atomic mass is 9.95. The van der Waals surface area contributed by atoms with Crippen molar-refractivity contribution in [2.24, 2.45) is 0 Å². The van der Waals surface area contributed by atoms with Crippen LogP contribution in [0.5, 0.6) is 17.2 Å². The van der Waals surface area contributed by atoms with Crippen molar-refractivity contribution >= 4 is 21.8 Å². The van der Waals surface area contributed by atoms with E-state index in [1.807, 2.05) is 0 Å². The number of methoxy groups -OCH3 is 1. The first-order chi connectivity index (χ1) is 14.5. The Morgan fingerprint density at radius 2 is 2.03 bits per heavy atom. The van der Waals surface area contributed by atoms with Gasteiger partial charge in [0.25, 0.3) is 5.91 Å². The zero-order chi connectivity index (χ0) is 21.4. The van der Waals surface area contributed by atoms with Crippen molar-refractivity contribution in [1.29, 1.82) is 0 Å². The second kappa shape index (κ2) is 8.00. The Labute approximate surface area is 180 Å². The zero-order valence-corrected chi connectivity index (χ0v) is 17.7. The van der Waals surface area contributed by atoms with Gasteiger partial charge >= 0.3 is 0 Å². The van der Waals surface area contributed by atoms with E-state index in [0.29, 0.717) is 45.5 Å². The van der Waals surface area contributed by atoms with Gasteiger partial charge < -0.3 is 25.0 Å². The van der Waals surface area contributed by atoms with Crippen LogP contribution in [0.4, 0.5) is 0 Å². The number of rotatable bonds is 6. The minimum Gasteiger partial charge on any atom is -0.507 e. The van der Waals surface area contributed by atoms with Gasteiger partial charge in [0, 0.05) is 24.3 Å². The minimum absolute atomic E-state index is 0.0409. The number of nitrogens with zero attached hydrogens (tertiary/aromatic N) is 2. The fraction of sp³-hybridized carbons (Fsp3) is 0.238. The summed E-state index contributed by atoms with van der Waals surface area (Å²) in [5.41, 5.74) is 2.62. The lowest BCUT2D eigenvalue weighted by molar-refractivity contribution is 0.0732. The third kappa shape index (κ3) is 3.20. The van der Waals surface area contributed by atoms with Crippen LogP contribution in [0, 0.1) is 0 Å². The molecule has 0 unspecified atom stereocenters. The van der Waals surface area contributed by atoms with Crippen molar-refractivity contribution in [2.75, 3.05) is 20.3 Å². The molecular formula is C21H20BrN3O5. The number of aliphatic hydroxyl groups excluding tert-OH is 1. The van der Waals surface area contributed by atoms with Crippen molar-refractivity contribution in [2.45, 2.75) is 12.5 Å². The van der Waals surface area contributed by atoms with Crippen LogP contribution in [-0.4, -0.2) is 56.6 Å². The van der Waals surface area contributed by atoms with Gasteiger partial charge in [-0.05, 0) is 52.2 Å². The lowest BCUT2D eigenvalue weighted by Crippen LogP contribution is -2.31. The van der Waals surface area contributed by atoms with Crippen LogP contribution in [0.1, 0.15) is 34.1 Å². The van der Waals surface area contributed by atoms with Gasteiger partial charge in [0.15, 0.2) is 11.5 Å². The van der Waals surface area contributed by atoms with Crippen LogP contribution in [-0.2, 0) is 0 Å². The molecule has 2 heterocycles. The lowest BCUT2D eigenvalue weighted by Gasteiger charge is -2.27. The van der Waals surface area contributed by atoms with E-state index < -0.39 is 6.04 Å². The van der Waals surface area contributed by atoms with E-state index in [2.05, 4.69) is 26.1 Å². The highest BCUT2D eigenvalue weighted by Crippen LogP contribution is 2.47. The molecule has 4 rings (SSSR count). The second-order valence-electron chi connectivity index (χ2n) is 6.91. The monoisotopic (exact) mass is 473 g/mol. The van der Waals surface area contributed by atoms with Crippen molar-refractivity contribution in [3.63, 3.8) is 0 Å². The molecule has 1 aliphatic rings. The molecule has 0 bridgehead atoms. The number of fused-ring (bicyclic) bond motifs is 1. The first kappa shape index (κ1) is 20.2. The number of aliphatic hydroxyl groups is 1. The Balaban J connectivity index is 1.93. The number of aromatic amines is 1. The van der Waals surface area contributed by atoms with Crippen molar-refractivity contribution < 1.29 is 24.9 Å². The first-order valence-corrected chi connectivity index (χ1v) is 10.1. The summed E-state index contributed by atoms with van der Waals surface area (Å²) < 4.78 is 5.71. The highest BCUT2D eigenvalue weighted by Gasteiger charge is 2.42. The number of carbonyl (C=O) groups is 1. The molecule has 30 heavy (non-hydrogen) atoms. The highest BCUT2D eigenvalue weighted by molar-refractivity contribution is 9.10. The number of halogens is 1. The summed E-state index contributed by atoms with van der Waals surface area (Å²) in [6.07, 6.45) is 0.405. The van der Waals surface area contributed by atoms with Gasteiger partial charge in [0.05, 0.1) is 17.6 Å². The summed E-state index contributed by atoms with van der Waals surface area (Å²) in [7, 11) is 1.45. The number of nitrogens with one attached hydrogen (secondary N) is 1. The number of aromatic hydroxyl groups is 2. The quantitative estimate of drug-likeness (QED) is 0.436. The summed E-state index contributed by atoms with van der Waals surface area (Å²) in [5.74, 6) is 0.0212. The molecule has 0 aliphatic carbocycles. The van der Waals surface area contributed by atoms with Crippen molar-refractivity contribution in [3.8, 4) is 28.5 Å². The van der Waals surface area contributed by atoms with E-state index >= 15 is 0 Å². The number of ether oxygens (including phenoxy) is 1. The molecule has 3 aromatic rings. The molecule has 0 radical (unpaired) electrons. The summed E-state index contributed by atoms with van der Waals surface area (Å²) in [6, 6.07) is 9.63. The van der Waals surface area contributed by atoms with Gasteiger partial charge in [0.1, 0.15) is 17.1 Å². The summed E-state index contributed by atoms with van der Waals surface area (Å²) >= 11 is 3.34. The molecule has 1 amide bonds. The number of hydrogen-bond donors (Lipinski definition) is 4. The van der Waals surface area contributed by atoms with Gasteiger partial charge in [0.2, 0.25) is 0 Å². The molecule has 2 aromatic carbocycles. The molecule has 0 saturated carbocycles. The molecule has 4 N–H and O–H groups in total. The molecule has 1 aliphatic heterocycles.